The van der Waals surface area contributed by atoms with Crippen molar-refractivity contribution in [2.24, 2.45) is 0 Å². The molecule has 3 nitrogen and oxygen atoms in total. The van der Waals surface area contributed by atoms with Crippen molar-refractivity contribution in [3.8, 4) is 0 Å². The van der Waals surface area contributed by atoms with E-state index in [1.54, 1.807) is 0 Å². The molecule has 2 N–H and O–H groups in total. The number of aromatic nitrogens is 1. The number of nitrogens with one attached hydrogen (secondary N) is 2. The van der Waals surface area contributed by atoms with Crippen molar-refractivity contribution in [3.05, 3.63) is 71.4 Å². The van der Waals surface area contributed by atoms with Gasteiger partial charge in [0.25, 0.3) is 0 Å². The third-order valence-corrected chi connectivity index (χ3v) is 4.85. The highest BCUT2D eigenvalue weighted by molar-refractivity contribution is 5.98. The van der Waals surface area contributed by atoms with E-state index < -0.39 is 0 Å². The molecule has 1 fully saturated rings. The molecule has 3 aromatic rings. The molecule has 3 heteroatoms. The van der Waals surface area contributed by atoms with Gasteiger partial charge in [-0.15, -0.1) is 0 Å². The summed E-state index contributed by atoms with van der Waals surface area (Å²) in [5.41, 5.74) is 4.19. The van der Waals surface area contributed by atoms with Crippen molar-refractivity contribution in [1.82, 2.24) is 10.3 Å². The van der Waals surface area contributed by atoms with Crippen LogP contribution in [0.5, 0.6) is 0 Å². The number of amides is 1. The molecular formula is C20H20N2O. The van der Waals surface area contributed by atoms with E-state index in [1.165, 1.54) is 10.9 Å². The number of carbonyl (C=O) groups is 1. The Hall–Kier alpha value is -2.55. The van der Waals surface area contributed by atoms with Crippen LogP contribution in [0.1, 0.15) is 29.7 Å². The monoisotopic (exact) mass is 304 g/mol. The first-order valence-corrected chi connectivity index (χ1v) is 8.11. The molecule has 116 valence electrons. The third-order valence-electron chi connectivity index (χ3n) is 4.85. The number of aryl methyl sites for hydroxylation is 1. The highest BCUT2D eigenvalue weighted by Gasteiger charge is 2.53. The fourth-order valence-electron chi connectivity index (χ4n) is 3.56. The van der Waals surface area contributed by atoms with Gasteiger partial charge in [-0.2, -0.15) is 0 Å². The van der Waals surface area contributed by atoms with E-state index in [1.807, 2.05) is 42.5 Å². The van der Waals surface area contributed by atoms with Crippen LogP contribution in [0.15, 0.2) is 54.6 Å². The second-order valence-corrected chi connectivity index (χ2v) is 6.42. The third kappa shape index (κ3) is 2.33. The van der Waals surface area contributed by atoms with E-state index in [0.717, 1.165) is 29.6 Å². The molecule has 1 amide bonds. The van der Waals surface area contributed by atoms with Crippen LogP contribution in [0.25, 0.3) is 10.9 Å². The number of H-pyrrole nitrogens is 1. The van der Waals surface area contributed by atoms with Crippen molar-refractivity contribution in [2.75, 3.05) is 0 Å². The lowest BCUT2D eigenvalue weighted by Crippen LogP contribution is -2.34. The maximum Gasteiger partial charge on any atom is 0.231 e. The van der Waals surface area contributed by atoms with Gasteiger partial charge in [0.2, 0.25) is 5.91 Å². The van der Waals surface area contributed by atoms with Crippen LogP contribution in [0, 0.1) is 6.92 Å². The molecule has 1 aliphatic carbocycles. The number of aromatic amines is 1. The molecule has 0 spiro atoms. The second-order valence-electron chi connectivity index (χ2n) is 6.42. The molecule has 0 radical (unpaired) electrons. The Kier molecular flexibility index (Phi) is 3.22. The number of hydrogen-bond donors (Lipinski definition) is 2. The molecule has 23 heavy (non-hydrogen) atoms. The van der Waals surface area contributed by atoms with Gasteiger partial charge in [-0.3, -0.25) is 4.79 Å². The lowest BCUT2D eigenvalue weighted by molar-refractivity contribution is -0.123. The van der Waals surface area contributed by atoms with E-state index in [0.29, 0.717) is 6.54 Å². The zero-order valence-corrected chi connectivity index (χ0v) is 13.2. The van der Waals surface area contributed by atoms with Gasteiger partial charge in [-0.05, 0) is 37.0 Å². The SMILES string of the molecule is Cc1[nH]c2ccccc2c1C1(C(=O)NCc2ccccc2)CC1. The fraction of sp³-hybridized carbons (Fsp3) is 0.250. The standard InChI is InChI=1S/C20H20N2O/c1-14-18(16-9-5-6-10-17(16)22-14)20(11-12-20)19(23)21-13-15-7-3-2-4-8-15/h2-10,22H,11-13H2,1H3,(H,21,23). The maximum absolute atomic E-state index is 12.9. The van der Waals surface area contributed by atoms with Crippen molar-refractivity contribution in [1.29, 1.82) is 0 Å². The highest BCUT2D eigenvalue weighted by Crippen LogP contribution is 2.52. The quantitative estimate of drug-likeness (QED) is 0.756. The first kappa shape index (κ1) is 14.1. The molecule has 1 saturated carbocycles. The van der Waals surface area contributed by atoms with Crippen molar-refractivity contribution >= 4 is 16.8 Å². The van der Waals surface area contributed by atoms with Crippen LogP contribution in [0.2, 0.25) is 0 Å². The number of benzene rings is 2. The van der Waals surface area contributed by atoms with Gasteiger partial charge in [0, 0.05) is 23.1 Å². The average molecular weight is 304 g/mol. The molecule has 1 heterocycles. The first-order valence-electron chi connectivity index (χ1n) is 8.11. The van der Waals surface area contributed by atoms with Crippen LogP contribution in [0.3, 0.4) is 0 Å². The van der Waals surface area contributed by atoms with Gasteiger partial charge in [-0.25, -0.2) is 0 Å². The van der Waals surface area contributed by atoms with Crippen molar-refractivity contribution in [3.63, 3.8) is 0 Å². The van der Waals surface area contributed by atoms with Gasteiger partial charge in [-0.1, -0.05) is 48.5 Å². The lowest BCUT2D eigenvalue weighted by Gasteiger charge is -2.16. The summed E-state index contributed by atoms with van der Waals surface area (Å²) in [6.07, 6.45) is 1.85. The van der Waals surface area contributed by atoms with E-state index in [2.05, 4.69) is 29.4 Å². The first-order chi connectivity index (χ1) is 11.2. The van der Waals surface area contributed by atoms with Gasteiger partial charge < -0.3 is 10.3 Å². The predicted molar refractivity (Wildman–Crippen MR) is 92.2 cm³/mol. The zero-order chi connectivity index (χ0) is 15.9. The lowest BCUT2D eigenvalue weighted by atomic mass is 9.92. The van der Waals surface area contributed by atoms with Gasteiger partial charge >= 0.3 is 0 Å². The predicted octanol–water partition coefficient (Wildman–Crippen LogP) is 3.82. The van der Waals surface area contributed by atoms with Crippen molar-refractivity contribution in [2.45, 2.75) is 31.7 Å². The summed E-state index contributed by atoms with van der Waals surface area (Å²) in [5, 5.41) is 4.31. The second kappa shape index (κ2) is 5.27. The zero-order valence-electron chi connectivity index (χ0n) is 13.2. The minimum Gasteiger partial charge on any atom is -0.358 e. The molecule has 0 aliphatic heterocycles. The van der Waals surface area contributed by atoms with E-state index in [4.69, 9.17) is 0 Å². The highest BCUT2D eigenvalue weighted by atomic mass is 16.2. The Morgan fingerprint density at radius 2 is 1.78 bits per heavy atom. The molecule has 0 bridgehead atoms. The van der Waals surface area contributed by atoms with E-state index in [9.17, 15) is 4.79 Å². The topological polar surface area (TPSA) is 44.9 Å². The molecule has 1 aliphatic rings. The number of fused-ring (bicyclic) bond motifs is 1. The summed E-state index contributed by atoms with van der Waals surface area (Å²) in [5.74, 6) is 0.147. The van der Waals surface area contributed by atoms with Gasteiger partial charge in [0.15, 0.2) is 0 Å². The fourth-order valence-corrected chi connectivity index (χ4v) is 3.56. The summed E-state index contributed by atoms with van der Waals surface area (Å²) in [7, 11) is 0. The molecule has 0 saturated heterocycles. The van der Waals surface area contributed by atoms with Gasteiger partial charge in [0.05, 0.1) is 5.41 Å². The van der Waals surface area contributed by atoms with Crippen LogP contribution >= 0.6 is 0 Å². The van der Waals surface area contributed by atoms with Crippen LogP contribution in [0.4, 0.5) is 0 Å². The number of rotatable bonds is 4. The molecule has 1 aromatic heterocycles. The summed E-state index contributed by atoms with van der Waals surface area (Å²) < 4.78 is 0. The Morgan fingerprint density at radius 3 is 2.52 bits per heavy atom. The summed E-state index contributed by atoms with van der Waals surface area (Å²) >= 11 is 0. The molecule has 2 aromatic carbocycles. The van der Waals surface area contributed by atoms with Crippen molar-refractivity contribution < 1.29 is 4.79 Å². The summed E-state index contributed by atoms with van der Waals surface area (Å²) in [4.78, 5) is 16.3. The van der Waals surface area contributed by atoms with E-state index >= 15 is 0 Å². The number of para-hydroxylation sites is 1. The normalized spacial score (nSPS) is 15.5. The summed E-state index contributed by atoms with van der Waals surface area (Å²) in [6.45, 7) is 2.66. The maximum atomic E-state index is 12.9. The summed E-state index contributed by atoms with van der Waals surface area (Å²) in [6, 6.07) is 18.3. The smallest absolute Gasteiger partial charge is 0.231 e. The Labute approximate surface area is 135 Å². The Morgan fingerprint density at radius 1 is 1.09 bits per heavy atom. The van der Waals surface area contributed by atoms with E-state index in [-0.39, 0.29) is 11.3 Å². The minimum absolute atomic E-state index is 0.147. The van der Waals surface area contributed by atoms with Crippen LogP contribution in [-0.4, -0.2) is 10.9 Å². The average Bonchev–Trinajstić information content (AvgIpc) is 3.30. The largest absolute Gasteiger partial charge is 0.358 e. The van der Waals surface area contributed by atoms with Gasteiger partial charge in [0.1, 0.15) is 0 Å². The van der Waals surface area contributed by atoms with Crippen LogP contribution in [-0.2, 0) is 16.8 Å². The van der Waals surface area contributed by atoms with Crippen LogP contribution < -0.4 is 5.32 Å². The minimum atomic E-state index is -0.349. The molecular weight excluding hydrogens is 284 g/mol. The molecule has 4 rings (SSSR count). The Balaban J connectivity index is 1.62. The number of hydrogen-bond acceptors (Lipinski definition) is 1. The Bertz CT molecular complexity index is 860. The molecule has 0 atom stereocenters. The molecule has 0 unspecified atom stereocenters. The number of carbonyl (C=O) groups excluding carboxylic acids is 1.